The highest BCUT2D eigenvalue weighted by molar-refractivity contribution is 7.26. The molecule has 4 heteroatoms. The van der Waals surface area contributed by atoms with E-state index in [9.17, 15) is 0 Å². The minimum atomic E-state index is -0.129. The molecule has 288 valence electrons. The first-order valence-corrected chi connectivity index (χ1v) is 22.5. The Bertz CT molecular complexity index is 3680. The molecular formula is C57H41BN2S. The molecule has 2 aromatic heterocycles. The number of benzene rings is 8. The van der Waals surface area contributed by atoms with Gasteiger partial charge in [-0.25, -0.2) is 0 Å². The van der Waals surface area contributed by atoms with Crippen LogP contribution in [0.4, 0.5) is 11.4 Å². The van der Waals surface area contributed by atoms with Gasteiger partial charge < -0.3 is 9.38 Å². The van der Waals surface area contributed by atoms with E-state index in [2.05, 4.69) is 196 Å². The maximum absolute atomic E-state index is 4.65. The fourth-order valence-corrected chi connectivity index (χ4v) is 13.0. The van der Waals surface area contributed by atoms with Gasteiger partial charge in [0.15, 0.2) is 0 Å². The average Bonchev–Trinajstić information content (AvgIpc) is 3.96. The second kappa shape index (κ2) is 11.2. The summed E-state index contributed by atoms with van der Waals surface area (Å²) in [5.41, 5.74) is 24.6. The molecule has 4 aliphatic rings. The van der Waals surface area contributed by atoms with Crippen molar-refractivity contribution in [2.24, 2.45) is 0 Å². The lowest BCUT2D eigenvalue weighted by atomic mass is 9.44. The third-order valence-electron chi connectivity index (χ3n) is 14.8. The van der Waals surface area contributed by atoms with Crippen molar-refractivity contribution in [2.45, 2.75) is 45.4 Å². The molecule has 8 aromatic carbocycles. The molecule has 0 atom stereocenters. The lowest BCUT2D eigenvalue weighted by molar-refractivity contribution is 0.590. The number of fused-ring (bicyclic) bond motifs is 17. The highest BCUT2D eigenvalue weighted by atomic mass is 32.1. The van der Waals surface area contributed by atoms with Gasteiger partial charge >= 0.3 is 6.85 Å². The highest BCUT2D eigenvalue weighted by Gasteiger charge is 2.46. The molecule has 4 heterocycles. The number of aromatic nitrogens is 1. The number of nitrogens with zero attached hydrogens (tertiary/aromatic N) is 2. The molecule has 0 saturated heterocycles. The molecule has 0 bridgehead atoms. The smallest absolute Gasteiger partial charge is 0.333 e. The van der Waals surface area contributed by atoms with Crippen molar-refractivity contribution in [1.82, 2.24) is 4.57 Å². The summed E-state index contributed by atoms with van der Waals surface area (Å²) in [5, 5.41) is 5.22. The van der Waals surface area contributed by atoms with Crippen LogP contribution in [-0.4, -0.2) is 11.4 Å². The molecule has 14 rings (SSSR count). The summed E-state index contributed by atoms with van der Waals surface area (Å²) in [4.78, 5) is 2.71. The summed E-state index contributed by atoms with van der Waals surface area (Å²) in [6, 6.07) is 56.3. The van der Waals surface area contributed by atoms with Crippen LogP contribution >= 0.6 is 11.3 Å². The Hall–Kier alpha value is -6.62. The topological polar surface area (TPSA) is 8.17 Å². The summed E-state index contributed by atoms with van der Waals surface area (Å²) in [6.45, 7) is 16.3. The van der Waals surface area contributed by atoms with E-state index in [-0.39, 0.29) is 17.7 Å². The Kier molecular flexibility index (Phi) is 6.27. The quantitative estimate of drug-likeness (QED) is 0.150. The summed E-state index contributed by atoms with van der Waals surface area (Å²) in [6.07, 6.45) is 0. The zero-order valence-electron chi connectivity index (χ0n) is 34.9. The molecule has 0 spiro atoms. The maximum Gasteiger partial charge on any atom is 0.333 e. The molecule has 10 aromatic rings. The lowest BCUT2D eigenvalue weighted by Gasteiger charge is -2.42. The van der Waals surface area contributed by atoms with Crippen LogP contribution in [0.2, 0.25) is 0 Å². The van der Waals surface area contributed by atoms with E-state index in [0.717, 1.165) is 5.57 Å². The molecule has 0 amide bonds. The lowest BCUT2D eigenvalue weighted by Crippen LogP contribution is -2.60. The van der Waals surface area contributed by atoms with Crippen LogP contribution in [0, 0.1) is 0 Å². The predicted molar refractivity (Wildman–Crippen MR) is 263 cm³/mol. The first-order valence-electron chi connectivity index (χ1n) is 21.6. The zero-order chi connectivity index (χ0) is 40.8. The molecule has 0 radical (unpaired) electrons. The molecule has 2 aliphatic heterocycles. The SMILES string of the molecule is C=C1c2ccccc2-c2cc3c(cc21)c1ccc2c4c1n3-c1cc3c(cc1B4N(c1ccc(C(C)(C)C)cc1)c1cc4c(cc1-2)-c1ccccc1C4(C)C)sc1ccccc13. The van der Waals surface area contributed by atoms with Crippen molar-refractivity contribution in [3.63, 3.8) is 0 Å². The van der Waals surface area contributed by atoms with Gasteiger partial charge in [0.05, 0.1) is 11.0 Å². The van der Waals surface area contributed by atoms with Crippen molar-refractivity contribution < 1.29 is 0 Å². The van der Waals surface area contributed by atoms with E-state index < -0.39 is 0 Å². The van der Waals surface area contributed by atoms with Crippen molar-refractivity contribution in [3.8, 4) is 39.1 Å². The van der Waals surface area contributed by atoms with Crippen molar-refractivity contribution in [1.29, 1.82) is 0 Å². The number of anilines is 2. The fraction of sp³-hybridized carbons (Fsp3) is 0.123. The van der Waals surface area contributed by atoms with Crippen molar-refractivity contribution >= 4 is 88.0 Å². The van der Waals surface area contributed by atoms with E-state index in [1.807, 2.05) is 11.3 Å². The van der Waals surface area contributed by atoms with Crippen molar-refractivity contribution in [2.75, 3.05) is 4.81 Å². The van der Waals surface area contributed by atoms with E-state index in [4.69, 9.17) is 0 Å². The van der Waals surface area contributed by atoms with Crippen LogP contribution in [0.1, 0.15) is 62.4 Å². The summed E-state index contributed by atoms with van der Waals surface area (Å²) in [5.74, 6) is 0. The van der Waals surface area contributed by atoms with Crippen LogP contribution in [0.15, 0.2) is 152 Å². The minimum absolute atomic E-state index is 0.0466. The molecule has 0 N–H and O–H groups in total. The van der Waals surface area contributed by atoms with Crippen LogP contribution in [0.25, 0.3) is 86.6 Å². The molecular weight excluding hydrogens is 756 g/mol. The predicted octanol–water partition coefficient (Wildman–Crippen LogP) is 14.0. The van der Waals surface area contributed by atoms with Gasteiger partial charge in [-0.1, -0.05) is 132 Å². The van der Waals surface area contributed by atoms with Gasteiger partial charge in [0, 0.05) is 59.0 Å². The molecule has 2 aliphatic carbocycles. The number of rotatable bonds is 1. The zero-order valence-corrected chi connectivity index (χ0v) is 35.8. The van der Waals surface area contributed by atoms with Gasteiger partial charge in [-0.05, 0) is 132 Å². The van der Waals surface area contributed by atoms with E-state index >= 15 is 0 Å². The first kappa shape index (κ1) is 34.1. The van der Waals surface area contributed by atoms with Gasteiger partial charge in [-0.3, -0.25) is 0 Å². The van der Waals surface area contributed by atoms with E-state index in [1.54, 1.807) is 0 Å². The third-order valence-corrected chi connectivity index (χ3v) is 16.0. The van der Waals surface area contributed by atoms with Gasteiger partial charge in [-0.15, -0.1) is 11.3 Å². The van der Waals surface area contributed by atoms with Crippen LogP contribution in [0.5, 0.6) is 0 Å². The maximum atomic E-state index is 4.65. The summed E-state index contributed by atoms with van der Waals surface area (Å²) in [7, 11) is 0. The van der Waals surface area contributed by atoms with E-state index in [0.29, 0.717) is 0 Å². The Morgan fingerprint density at radius 1 is 0.541 bits per heavy atom. The Morgan fingerprint density at radius 3 is 2.11 bits per heavy atom. The number of hydrogen-bond donors (Lipinski definition) is 0. The van der Waals surface area contributed by atoms with Gasteiger partial charge in [-0.2, -0.15) is 0 Å². The second-order valence-corrected chi connectivity index (χ2v) is 20.4. The van der Waals surface area contributed by atoms with Crippen LogP contribution < -0.4 is 15.7 Å². The minimum Gasteiger partial charge on any atom is -0.376 e. The standard InChI is InChI=1S/C57H41BN2S/c1-31-34-13-7-8-14-35(34)41-27-49-44(25-40(31)41)39-24-23-38-43-26-42-36-15-9-11-17-46(36)57(5,6)47(42)29-50(43)60(33-21-19-32(20-22-33)56(2,3)4)58-48-30-53-45(37-16-10-12-18-52(37)61-53)28-51(48)59(49)55(39)54(38)58/h7-30H,1H2,2-6H3. The Balaban J connectivity index is 1.15. The Labute approximate surface area is 360 Å². The second-order valence-electron chi connectivity index (χ2n) is 19.4. The van der Waals surface area contributed by atoms with Gasteiger partial charge in [0.25, 0.3) is 0 Å². The fourth-order valence-electron chi connectivity index (χ4n) is 11.8. The normalized spacial score (nSPS) is 15.1. The number of thiophene rings is 1. The largest absolute Gasteiger partial charge is 0.376 e. The molecule has 61 heavy (non-hydrogen) atoms. The van der Waals surface area contributed by atoms with Crippen LogP contribution in [-0.2, 0) is 10.8 Å². The van der Waals surface area contributed by atoms with Gasteiger partial charge in [0.1, 0.15) is 0 Å². The van der Waals surface area contributed by atoms with Gasteiger partial charge in [0.2, 0.25) is 0 Å². The summed E-state index contributed by atoms with van der Waals surface area (Å²) >= 11 is 1.92. The molecule has 2 nitrogen and oxygen atoms in total. The molecule has 0 saturated carbocycles. The van der Waals surface area contributed by atoms with E-state index in [1.165, 1.54) is 131 Å². The molecule has 0 fully saturated rings. The highest BCUT2D eigenvalue weighted by Crippen LogP contribution is 2.55. The third kappa shape index (κ3) is 4.19. The van der Waals surface area contributed by atoms with Crippen molar-refractivity contribution in [3.05, 3.63) is 180 Å². The summed E-state index contributed by atoms with van der Waals surface area (Å²) < 4.78 is 5.30. The van der Waals surface area contributed by atoms with Crippen LogP contribution in [0.3, 0.4) is 0 Å². The molecule has 0 unspecified atom stereocenters. The first-order chi connectivity index (χ1) is 29.6. The monoisotopic (exact) mass is 796 g/mol. The number of hydrogen-bond acceptors (Lipinski definition) is 2. The average molecular weight is 797 g/mol. The Morgan fingerprint density at radius 2 is 1.30 bits per heavy atom.